The van der Waals surface area contributed by atoms with Crippen LogP contribution in [-0.2, 0) is 9.84 Å². The van der Waals surface area contributed by atoms with Crippen LogP contribution in [0.15, 0.2) is 53.4 Å². The molecule has 2 aromatic carbocycles. The molecule has 0 amide bonds. The highest BCUT2D eigenvalue weighted by atomic mass is 32.2. The van der Waals surface area contributed by atoms with Crippen molar-refractivity contribution in [3.63, 3.8) is 0 Å². The average Bonchev–Trinajstić information content (AvgIpc) is 2.70. The lowest BCUT2D eigenvalue weighted by Gasteiger charge is -2.17. The van der Waals surface area contributed by atoms with E-state index in [9.17, 15) is 8.42 Å². The van der Waals surface area contributed by atoms with E-state index in [0.29, 0.717) is 11.4 Å². The Morgan fingerprint density at radius 3 is 2.00 bits per heavy atom. The molecule has 5 heteroatoms. The number of rotatable bonds is 11. The maximum atomic E-state index is 12.4. The van der Waals surface area contributed by atoms with Gasteiger partial charge >= 0.3 is 0 Å². The Bertz CT molecular complexity index is 840. The van der Waals surface area contributed by atoms with Crippen LogP contribution in [0.3, 0.4) is 0 Å². The number of hydrogen-bond donors (Lipinski definition) is 1. The van der Waals surface area contributed by atoms with Gasteiger partial charge in [0, 0.05) is 19.3 Å². The number of benzene rings is 2. The molecule has 0 heterocycles. The van der Waals surface area contributed by atoms with Crippen LogP contribution in [0.4, 0.5) is 5.69 Å². The zero-order valence-electron chi connectivity index (χ0n) is 16.8. The number of aliphatic hydroxyl groups excluding tert-OH is 1. The lowest BCUT2D eigenvalue weighted by Crippen LogP contribution is -2.20. The fraction of sp³-hybridized carbons (Fsp3) is 0.391. The molecule has 0 aromatic heterocycles. The minimum atomic E-state index is -3.19. The van der Waals surface area contributed by atoms with Crippen LogP contribution >= 0.6 is 0 Å². The molecule has 0 radical (unpaired) electrons. The first-order valence-electron chi connectivity index (χ1n) is 9.89. The van der Waals surface area contributed by atoms with Crippen molar-refractivity contribution >= 4 is 27.7 Å². The number of unbranched alkanes of at least 4 members (excludes halogenated alkanes) is 3. The van der Waals surface area contributed by atoms with Crippen LogP contribution in [0.1, 0.15) is 43.7 Å². The van der Waals surface area contributed by atoms with E-state index in [1.54, 1.807) is 12.1 Å². The minimum Gasteiger partial charge on any atom is -0.395 e. The summed E-state index contributed by atoms with van der Waals surface area (Å²) in [5.41, 5.74) is 3.08. The molecule has 0 aliphatic heterocycles. The standard InChI is InChI=1S/C23H31NO3S/c1-3-4-5-6-19-28(26,27)23-15-11-21(12-16-23)8-7-20-9-13-22(14-10-20)24(2)17-18-25/h7-16,25H,3-6,17-19H2,1-2H3. The van der Waals surface area contributed by atoms with Crippen LogP contribution in [0, 0.1) is 0 Å². The van der Waals surface area contributed by atoms with Gasteiger partial charge in [0.2, 0.25) is 0 Å². The summed E-state index contributed by atoms with van der Waals surface area (Å²) >= 11 is 0. The molecule has 28 heavy (non-hydrogen) atoms. The van der Waals surface area contributed by atoms with Crippen molar-refractivity contribution < 1.29 is 13.5 Å². The Balaban J connectivity index is 1.98. The number of likely N-dealkylation sites (N-methyl/N-ethyl adjacent to an activating group) is 1. The lowest BCUT2D eigenvalue weighted by molar-refractivity contribution is 0.304. The molecule has 0 aliphatic carbocycles. The molecule has 2 aromatic rings. The molecule has 0 spiro atoms. The van der Waals surface area contributed by atoms with Crippen molar-refractivity contribution in [2.45, 2.75) is 37.5 Å². The summed E-state index contributed by atoms with van der Waals surface area (Å²) in [7, 11) is -1.24. The van der Waals surface area contributed by atoms with E-state index >= 15 is 0 Å². The highest BCUT2D eigenvalue weighted by molar-refractivity contribution is 7.91. The molecular weight excluding hydrogens is 370 g/mol. The Hall–Kier alpha value is -2.11. The summed E-state index contributed by atoms with van der Waals surface area (Å²) in [4.78, 5) is 2.40. The molecular formula is C23H31NO3S. The number of nitrogens with zero attached hydrogens (tertiary/aromatic N) is 1. The molecule has 0 unspecified atom stereocenters. The number of hydrogen-bond acceptors (Lipinski definition) is 4. The number of anilines is 1. The Labute approximate surface area is 169 Å². The second-order valence-corrected chi connectivity index (χ2v) is 9.13. The molecule has 0 saturated heterocycles. The molecule has 152 valence electrons. The second-order valence-electron chi connectivity index (χ2n) is 7.02. The molecule has 0 saturated carbocycles. The zero-order valence-corrected chi connectivity index (χ0v) is 17.7. The van der Waals surface area contributed by atoms with E-state index in [0.717, 1.165) is 42.5 Å². The van der Waals surface area contributed by atoms with Gasteiger partial charge in [-0.25, -0.2) is 8.42 Å². The predicted octanol–water partition coefficient (Wildman–Crippen LogP) is 4.64. The van der Waals surface area contributed by atoms with Crippen molar-refractivity contribution in [2.75, 3.05) is 30.9 Å². The summed E-state index contributed by atoms with van der Waals surface area (Å²) in [6.07, 6.45) is 7.85. The quantitative estimate of drug-likeness (QED) is 0.440. The van der Waals surface area contributed by atoms with Gasteiger partial charge in [-0.15, -0.1) is 0 Å². The second kappa shape index (κ2) is 11.0. The van der Waals surface area contributed by atoms with Gasteiger partial charge in [0.15, 0.2) is 9.84 Å². The van der Waals surface area contributed by atoms with Crippen molar-refractivity contribution in [1.82, 2.24) is 0 Å². The van der Waals surface area contributed by atoms with E-state index in [4.69, 9.17) is 5.11 Å². The van der Waals surface area contributed by atoms with Crippen LogP contribution in [0.5, 0.6) is 0 Å². The van der Waals surface area contributed by atoms with Crippen LogP contribution in [0.2, 0.25) is 0 Å². The van der Waals surface area contributed by atoms with Crippen LogP contribution in [0.25, 0.3) is 12.2 Å². The summed E-state index contributed by atoms with van der Waals surface area (Å²) < 4.78 is 24.8. The maximum Gasteiger partial charge on any atom is 0.178 e. The molecule has 1 N–H and O–H groups in total. The van der Waals surface area contributed by atoms with Gasteiger partial charge in [-0.2, -0.15) is 0 Å². The third-order valence-corrected chi connectivity index (χ3v) is 6.56. The van der Waals surface area contributed by atoms with E-state index in [1.165, 1.54) is 0 Å². The van der Waals surface area contributed by atoms with Gasteiger partial charge in [-0.1, -0.05) is 62.6 Å². The molecule has 0 bridgehead atoms. The smallest absolute Gasteiger partial charge is 0.178 e. The predicted molar refractivity (Wildman–Crippen MR) is 118 cm³/mol. The summed E-state index contributed by atoms with van der Waals surface area (Å²) in [6.45, 7) is 2.84. The van der Waals surface area contributed by atoms with Crippen LogP contribution < -0.4 is 4.90 Å². The van der Waals surface area contributed by atoms with Gasteiger partial charge in [-0.3, -0.25) is 0 Å². The van der Waals surface area contributed by atoms with Gasteiger partial charge in [-0.05, 0) is 41.8 Å². The Kier molecular flexibility index (Phi) is 8.74. The molecule has 0 atom stereocenters. The van der Waals surface area contributed by atoms with Crippen molar-refractivity contribution in [1.29, 1.82) is 0 Å². The van der Waals surface area contributed by atoms with Gasteiger partial charge in [0.25, 0.3) is 0 Å². The number of sulfone groups is 1. The highest BCUT2D eigenvalue weighted by Gasteiger charge is 2.13. The molecule has 2 rings (SSSR count). The lowest BCUT2D eigenvalue weighted by atomic mass is 10.1. The first kappa shape index (κ1) is 22.2. The SMILES string of the molecule is CCCCCCS(=O)(=O)c1ccc(C=Cc2ccc(N(C)CCO)cc2)cc1. The van der Waals surface area contributed by atoms with E-state index in [1.807, 2.05) is 60.5 Å². The van der Waals surface area contributed by atoms with E-state index in [-0.39, 0.29) is 12.4 Å². The van der Waals surface area contributed by atoms with Crippen molar-refractivity contribution in [3.8, 4) is 0 Å². The topological polar surface area (TPSA) is 57.6 Å². The van der Waals surface area contributed by atoms with Crippen molar-refractivity contribution in [3.05, 3.63) is 59.7 Å². The fourth-order valence-corrected chi connectivity index (χ4v) is 4.31. The first-order valence-corrected chi connectivity index (χ1v) is 11.5. The van der Waals surface area contributed by atoms with Gasteiger partial charge < -0.3 is 10.0 Å². The summed E-state index contributed by atoms with van der Waals surface area (Å²) in [5, 5.41) is 9.01. The Morgan fingerprint density at radius 2 is 1.46 bits per heavy atom. The summed E-state index contributed by atoms with van der Waals surface area (Å²) in [5.74, 6) is 0.221. The third-order valence-electron chi connectivity index (χ3n) is 4.74. The third kappa shape index (κ3) is 6.80. The zero-order chi connectivity index (χ0) is 20.4. The van der Waals surface area contributed by atoms with Crippen LogP contribution in [-0.4, -0.2) is 39.5 Å². The minimum absolute atomic E-state index is 0.128. The molecule has 4 nitrogen and oxygen atoms in total. The average molecular weight is 402 g/mol. The van der Waals surface area contributed by atoms with Gasteiger partial charge in [0.1, 0.15) is 0 Å². The largest absolute Gasteiger partial charge is 0.395 e. The Morgan fingerprint density at radius 1 is 0.893 bits per heavy atom. The van der Waals surface area contributed by atoms with E-state index in [2.05, 4.69) is 6.92 Å². The first-order chi connectivity index (χ1) is 13.5. The number of aliphatic hydroxyl groups is 1. The van der Waals surface area contributed by atoms with E-state index < -0.39 is 9.84 Å². The summed E-state index contributed by atoms with van der Waals surface area (Å²) in [6, 6.07) is 15.2. The molecule has 0 aliphatic rings. The molecule has 0 fully saturated rings. The maximum absolute atomic E-state index is 12.4. The monoisotopic (exact) mass is 401 g/mol. The fourth-order valence-electron chi connectivity index (χ4n) is 2.93. The highest BCUT2D eigenvalue weighted by Crippen LogP contribution is 2.18. The van der Waals surface area contributed by atoms with Gasteiger partial charge in [0.05, 0.1) is 17.3 Å². The normalized spacial score (nSPS) is 11.8. The van der Waals surface area contributed by atoms with Crippen molar-refractivity contribution in [2.24, 2.45) is 0 Å².